The number of carbonyl (C=O) groups is 1. The molecule has 3 aliphatic rings. The van der Waals surface area contributed by atoms with Gasteiger partial charge >= 0.3 is 0 Å². The first kappa shape index (κ1) is 22.0. The number of nitrogens with zero attached hydrogens (tertiary/aromatic N) is 2. The molecule has 2 N–H and O–H groups in total. The number of piperidine rings is 2. The Labute approximate surface area is 169 Å². The van der Waals surface area contributed by atoms with Gasteiger partial charge in [-0.1, -0.05) is 13.8 Å². The Morgan fingerprint density at radius 1 is 1.11 bits per heavy atom. The second kappa shape index (κ2) is 9.84. The zero-order chi connectivity index (χ0) is 20.1. The third-order valence-electron chi connectivity index (χ3n) is 6.22. The van der Waals surface area contributed by atoms with E-state index in [9.17, 15) is 13.2 Å². The number of rotatable bonds is 6. The van der Waals surface area contributed by atoms with Crippen molar-refractivity contribution in [2.45, 2.75) is 33.1 Å². The molecule has 0 radical (unpaired) electrons. The molecule has 3 rings (SSSR count). The van der Waals surface area contributed by atoms with E-state index in [1.54, 1.807) is 8.61 Å². The lowest BCUT2D eigenvalue weighted by atomic mass is 9.94. The average molecular weight is 418 g/mol. The molecule has 1 amide bonds. The molecule has 0 saturated carbocycles. The molecule has 9 heteroatoms. The molecule has 3 heterocycles. The van der Waals surface area contributed by atoms with Crippen LogP contribution >= 0.6 is 0 Å². The molecule has 0 aromatic carbocycles. The molecule has 162 valence electrons. The fourth-order valence-electron chi connectivity index (χ4n) is 4.74. The fraction of sp³-hybridized carbons (Fsp3) is 0.947. The summed E-state index contributed by atoms with van der Waals surface area (Å²) in [6.07, 6.45) is 2.57. The Hall–Kier alpha value is -0.740. The van der Waals surface area contributed by atoms with Gasteiger partial charge in [-0.25, -0.2) is 0 Å². The molecule has 0 aromatic heterocycles. The number of ether oxygens (including phenoxy) is 1. The Kier molecular flexibility index (Phi) is 7.72. The summed E-state index contributed by atoms with van der Waals surface area (Å²) in [6.45, 7) is 11.3. The Morgan fingerprint density at radius 2 is 1.79 bits per heavy atom. The summed E-state index contributed by atoms with van der Waals surface area (Å²) in [5, 5.41) is 3.03. The standard InChI is InChI=1S/C19H36N4O4S/c1-16-12-17(2)14-23(13-16)28(25,26)22-6-3-4-18(15-22)19(24)20-5-7-21-8-10-27-11-9-21/h16-18H,3-15H2,1-2H3,(H,20,24)/p+1/t16-,17+,18-/m0/s1. The summed E-state index contributed by atoms with van der Waals surface area (Å²) < 4.78 is 34.8. The summed E-state index contributed by atoms with van der Waals surface area (Å²) in [5.74, 6) is 0.506. The molecule has 3 aliphatic heterocycles. The number of morpholine rings is 1. The molecule has 0 unspecified atom stereocenters. The molecule has 0 aromatic rings. The molecule has 0 aliphatic carbocycles. The molecule has 28 heavy (non-hydrogen) atoms. The number of carbonyl (C=O) groups excluding carboxylic acids is 1. The SMILES string of the molecule is C[C@@H]1C[C@H](C)CN(S(=O)(=O)N2CCC[C@H](C(=O)NCC[NH+]3CCOCC3)C2)C1. The van der Waals surface area contributed by atoms with Crippen molar-refractivity contribution >= 4 is 16.1 Å². The lowest BCUT2D eigenvalue weighted by molar-refractivity contribution is -0.906. The highest BCUT2D eigenvalue weighted by Crippen LogP contribution is 2.27. The van der Waals surface area contributed by atoms with E-state index in [0.717, 1.165) is 52.1 Å². The average Bonchev–Trinajstić information content (AvgIpc) is 2.68. The van der Waals surface area contributed by atoms with E-state index >= 15 is 0 Å². The van der Waals surface area contributed by atoms with Gasteiger partial charge in [-0.15, -0.1) is 0 Å². The van der Waals surface area contributed by atoms with Gasteiger partial charge in [0.15, 0.2) is 0 Å². The highest BCUT2D eigenvalue weighted by molar-refractivity contribution is 7.86. The maximum Gasteiger partial charge on any atom is 0.282 e. The van der Waals surface area contributed by atoms with Gasteiger partial charge in [-0.2, -0.15) is 17.0 Å². The summed E-state index contributed by atoms with van der Waals surface area (Å²) in [4.78, 5) is 14.1. The summed E-state index contributed by atoms with van der Waals surface area (Å²) in [7, 11) is -3.49. The molecule has 0 spiro atoms. The normalized spacial score (nSPS) is 31.6. The van der Waals surface area contributed by atoms with Gasteiger partial charge in [0.1, 0.15) is 13.1 Å². The third-order valence-corrected chi connectivity index (χ3v) is 8.16. The van der Waals surface area contributed by atoms with Crippen LogP contribution in [0.5, 0.6) is 0 Å². The van der Waals surface area contributed by atoms with Gasteiger partial charge in [-0.3, -0.25) is 4.79 Å². The van der Waals surface area contributed by atoms with Crippen LogP contribution in [-0.2, 0) is 19.7 Å². The van der Waals surface area contributed by atoms with Crippen LogP contribution in [-0.4, -0.2) is 88.5 Å². The maximum atomic E-state index is 13.1. The minimum absolute atomic E-state index is 0.00654. The van der Waals surface area contributed by atoms with E-state index < -0.39 is 10.2 Å². The van der Waals surface area contributed by atoms with Crippen LogP contribution in [0.1, 0.15) is 33.1 Å². The summed E-state index contributed by atoms with van der Waals surface area (Å²) in [6, 6.07) is 0. The maximum absolute atomic E-state index is 13.1. The van der Waals surface area contributed by atoms with E-state index in [-0.39, 0.29) is 11.8 Å². The van der Waals surface area contributed by atoms with Gasteiger partial charge in [0.05, 0.1) is 32.2 Å². The second-order valence-corrected chi connectivity index (χ2v) is 10.8. The number of nitrogens with one attached hydrogen (secondary N) is 2. The van der Waals surface area contributed by atoms with Crippen molar-refractivity contribution < 1.29 is 22.8 Å². The van der Waals surface area contributed by atoms with Gasteiger partial charge in [0.2, 0.25) is 5.91 Å². The predicted molar refractivity (Wildman–Crippen MR) is 107 cm³/mol. The number of amides is 1. The van der Waals surface area contributed by atoms with Crippen molar-refractivity contribution in [2.24, 2.45) is 17.8 Å². The first-order valence-electron chi connectivity index (χ1n) is 10.8. The van der Waals surface area contributed by atoms with Crippen molar-refractivity contribution in [3.63, 3.8) is 0 Å². The van der Waals surface area contributed by atoms with Crippen LogP contribution in [0, 0.1) is 17.8 Å². The zero-order valence-electron chi connectivity index (χ0n) is 17.4. The Balaban J connectivity index is 1.50. The van der Waals surface area contributed by atoms with E-state index in [2.05, 4.69) is 19.2 Å². The largest absolute Gasteiger partial charge is 0.370 e. The summed E-state index contributed by atoms with van der Waals surface area (Å²) in [5.41, 5.74) is 0. The predicted octanol–water partition coefficient (Wildman–Crippen LogP) is -1.05. The molecule has 0 bridgehead atoms. The van der Waals surface area contributed by atoms with Gasteiger partial charge < -0.3 is 15.0 Å². The topological polar surface area (TPSA) is 83.4 Å². The van der Waals surface area contributed by atoms with Crippen molar-refractivity contribution in [1.82, 2.24) is 13.9 Å². The highest BCUT2D eigenvalue weighted by atomic mass is 32.2. The van der Waals surface area contributed by atoms with Gasteiger partial charge in [0.25, 0.3) is 10.2 Å². The van der Waals surface area contributed by atoms with Gasteiger partial charge in [-0.05, 0) is 31.1 Å². The highest BCUT2D eigenvalue weighted by Gasteiger charge is 2.38. The van der Waals surface area contributed by atoms with Crippen LogP contribution in [0.25, 0.3) is 0 Å². The van der Waals surface area contributed by atoms with Gasteiger partial charge in [0, 0.05) is 26.2 Å². The molecule has 3 saturated heterocycles. The minimum atomic E-state index is -3.49. The molecule has 8 nitrogen and oxygen atoms in total. The number of hydrogen-bond donors (Lipinski definition) is 2. The molecular formula is C19H37N4O4S+. The van der Waals surface area contributed by atoms with Crippen molar-refractivity contribution in [3.05, 3.63) is 0 Å². The zero-order valence-corrected chi connectivity index (χ0v) is 18.2. The molecule has 3 atom stereocenters. The fourth-order valence-corrected chi connectivity index (χ4v) is 6.68. The van der Waals surface area contributed by atoms with E-state index in [4.69, 9.17) is 4.74 Å². The van der Waals surface area contributed by atoms with E-state index in [1.165, 1.54) is 4.90 Å². The first-order chi connectivity index (χ1) is 13.4. The van der Waals surface area contributed by atoms with Crippen LogP contribution in [0.3, 0.4) is 0 Å². The Bertz CT molecular complexity index is 613. The van der Waals surface area contributed by atoms with Crippen LogP contribution in [0.2, 0.25) is 0 Å². The van der Waals surface area contributed by atoms with Crippen molar-refractivity contribution in [3.8, 4) is 0 Å². The first-order valence-corrected chi connectivity index (χ1v) is 12.2. The lowest BCUT2D eigenvalue weighted by Gasteiger charge is -2.39. The van der Waals surface area contributed by atoms with Crippen LogP contribution in [0.4, 0.5) is 0 Å². The van der Waals surface area contributed by atoms with Crippen molar-refractivity contribution in [1.29, 1.82) is 0 Å². The van der Waals surface area contributed by atoms with Crippen LogP contribution < -0.4 is 10.2 Å². The van der Waals surface area contributed by atoms with Crippen molar-refractivity contribution in [2.75, 3.05) is 65.6 Å². The number of hydrogen-bond acceptors (Lipinski definition) is 4. The van der Waals surface area contributed by atoms with E-state index in [0.29, 0.717) is 44.6 Å². The number of quaternary nitrogens is 1. The van der Waals surface area contributed by atoms with E-state index in [1.807, 2.05) is 0 Å². The Morgan fingerprint density at radius 3 is 2.46 bits per heavy atom. The molecular weight excluding hydrogens is 380 g/mol. The smallest absolute Gasteiger partial charge is 0.282 e. The quantitative estimate of drug-likeness (QED) is 0.578. The monoisotopic (exact) mass is 417 g/mol. The third kappa shape index (κ3) is 5.66. The minimum Gasteiger partial charge on any atom is -0.370 e. The summed E-state index contributed by atoms with van der Waals surface area (Å²) >= 11 is 0. The lowest BCUT2D eigenvalue weighted by Crippen LogP contribution is -3.14. The molecule has 3 fully saturated rings. The second-order valence-electron chi connectivity index (χ2n) is 8.87. The van der Waals surface area contributed by atoms with Crippen LogP contribution in [0.15, 0.2) is 0 Å².